The summed E-state index contributed by atoms with van der Waals surface area (Å²) < 4.78 is 29.9. The van der Waals surface area contributed by atoms with E-state index in [0.717, 1.165) is 30.8 Å². The molecule has 1 aliphatic rings. The molecule has 0 radical (unpaired) electrons. The van der Waals surface area contributed by atoms with Gasteiger partial charge in [-0.3, -0.25) is 9.10 Å². The smallest absolute Gasteiger partial charge is 0.258 e. The normalized spacial score (nSPS) is 17.5. The van der Waals surface area contributed by atoms with Gasteiger partial charge in [0, 0.05) is 25.8 Å². The Kier molecular flexibility index (Phi) is 7.66. The number of benzene rings is 2. The molecule has 0 unspecified atom stereocenters. The van der Waals surface area contributed by atoms with E-state index in [1.165, 1.54) is 29.9 Å². The lowest BCUT2D eigenvalue weighted by Crippen LogP contribution is -2.34. The number of hydrogen-bond acceptors (Lipinski definition) is 5. The van der Waals surface area contributed by atoms with Crippen LogP contribution >= 0.6 is 0 Å². The highest BCUT2D eigenvalue weighted by Gasteiger charge is 2.17. The van der Waals surface area contributed by atoms with Gasteiger partial charge < -0.3 is 15.0 Å². The third-order valence-corrected chi connectivity index (χ3v) is 7.07. The molecule has 2 aromatic carbocycles. The largest absolute Gasteiger partial charge is 0.484 e. The molecule has 1 heterocycles. The average molecular weight is 460 g/mol. The molecule has 1 aliphatic heterocycles. The Labute approximate surface area is 191 Å². The second kappa shape index (κ2) is 10.3. The van der Waals surface area contributed by atoms with Gasteiger partial charge in [0.25, 0.3) is 5.91 Å². The van der Waals surface area contributed by atoms with Crippen LogP contribution in [0.5, 0.6) is 5.75 Å². The minimum absolute atomic E-state index is 0.116. The van der Waals surface area contributed by atoms with Crippen molar-refractivity contribution in [2.45, 2.75) is 32.7 Å². The van der Waals surface area contributed by atoms with Gasteiger partial charge in [-0.15, -0.1) is 0 Å². The summed E-state index contributed by atoms with van der Waals surface area (Å²) >= 11 is 0. The van der Waals surface area contributed by atoms with Crippen LogP contribution in [0.2, 0.25) is 0 Å². The minimum Gasteiger partial charge on any atom is -0.484 e. The highest BCUT2D eigenvalue weighted by atomic mass is 32.2. The van der Waals surface area contributed by atoms with Crippen molar-refractivity contribution in [1.29, 1.82) is 0 Å². The number of hydrogen-bond donors (Lipinski definition) is 1. The Morgan fingerprint density at radius 1 is 1.19 bits per heavy atom. The molecular weight excluding hydrogens is 426 g/mol. The summed E-state index contributed by atoms with van der Waals surface area (Å²) in [6, 6.07) is 14.8. The highest BCUT2D eigenvalue weighted by Crippen LogP contribution is 2.25. The van der Waals surface area contributed by atoms with Gasteiger partial charge in [-0.1, -0.05) is 19.1 Å². The Hall–Kier alpha value is -2.74. The van der Waals surface area contributed by atoms with Gasteiger partial charge in [0.05, 0.1) is 18.0 Å². The average Bonchev–Trinajstić information content (AvgIpc) is 2.77. The van der Waals surface area contributed by atoms with Crippen LogP contribution in [0.4, 0.5) is 11.4 Å². The first-order chi connectivity index (χ1) is 15.1. The number of amides is 1. The van der Waals surface area contributed by atoms with Crippen LogP contribution in [0.15, 0.2) is 48.5 Å². The number of sulfonamides is 1. The summed E-state index contributed by atoms with van der Waals surface area (Å²) in [4.78, 5) is 14.7. The number of nitrogens with one attached hydrogen (secondary N) is 1. The van der Waals surface area contributed by atoms with Gasteiger partial charge >= 0.3 is 0 Å². The van der Waals surface area contributed by atoms with E-state index in [4.69, 9.17) is 4.74 Å². The number of ether oxygens (including phenoxy) is 1. The summed E-state index contributed by atoms with van der Waals surface area (Å²) in [5.74, 6) is 1.00. The maximum absolute atomic E-state index is 12.3. The number of nitrogens with zero attached hydrogens (tertiary/aromatic N) is 2. The van der Waals surface area contributed by atoms with Crippen molar-refractivity contribution in [3.63, 3.8) is 0 Å². The van der Waals surface area contributed by atoms with E-state index in [1.807, 2.05) is 6.92 Å². The van der Waals surface area contributed by atoms with Gasteiger partial charge in [-0.25, -0.2) is 8.42 Å². The van der Waals surface area contributed by atoms with Crippen LogP contribution in [0.3, 0.4) is 0 Å². The predicted octanol–water partition coefficient (Wildman–Crippen LogP) is 3.57. The number of anilines is 2. The molecule has 7 nitrogen and oxygen atoms in total. The number of piperidine rings is 1. The van der Waals surface area contributed by atoms with Crippen molar-refractivity contribution in [2.24, 2.45) is 5.92 Å². The van der Waals surface area contributed by atoms with Crippen molar-refractivity contribution >= 4 is 27.3 Å². The fraction of sp³-hybridized carbons (Fsp3) is 0.458. The van der Waals surface area contributed by atoms with Gasteiger partial charge in [0.15, 0.2) is 6.61 Å². The van der Waals surface area contributed by atoms with Crippen LogP contribution in [0.25, 0.3) is 0 Å². The molecule has 32 heavy (non-hydrogen) atoms. The molecule has 1 N–H and O–H groups in total. The fourth-order valence-electron chi connectivity index (χ4n) is 3.86. The monoisotopic (exact) mass is 459 g/mol. The second-order valence-electron chi connectivity index (χ2n) is 8.59. The lowest BCUT2D eigenvalue weighted by atomic mass is 9.99. The van der Waals surface area contributed by atoms with Crippen molar-refractivity contribution in [2.75, 3.05) is 42.2 Å². The highest BCUT2D eigenvalue weighted by molar-refractivity contribution is 7.92. The van der Waals surface area contributed by atoms with Crippen molar-refractivity contribution in [1.82, 2.24) is 5.32 Å². The second-order valence-corrected chi connectivity index (χ2v) is 10.6. The van der Waals surface area contributed by atoms with E-state index in [1.54, 1.807) is 24.3 Å². The maximum Gasteiger partial charge on any atom is 0.258 e. The molecule has 3 rings (SSSR count). The Morgan fingerprint density at radius 3 is 2.44 bits per heavy atom. The van der Waals surface area contributed by atoms with E-state index in [2.05, 4.69) is 41.4 Å². The van der Waals surface area contributed by atoms with E-state index < -0.39 is 10.0 Å². The molecule has 0 aromatic heterocycles. The SMILES string of the molecule is C[C@@H]1CCCN(c2ccc([C@@H](C)NC(=O)COc3ccc(N(C)S(C)(=O)=O)cc3)cc2)C1. The standard InChI is InChI=1S/C24H33N3O4S/c1-18-6-5-15-27(16-18)22-9-7-20(8-10-22)19(2)25-24(28)17-31-23-13-11-21(12-14-23)26(3)32(4,29)30/h7-14,18-19H,5-6,15-17H2,1-4H3,(H,25,28)/t18-,19-/m1/s1. The van der Waals surface area contributed by atoms with Crippen LogP contribution < -0.4 is 19.3 Å². The summed E-state index contributed by atoms with van der Waals surface area (Å²) in [5.41, 5.74) is 2.80. The van der Waals surface area contributed by atoms with E-state index in [9.17, 15) is 13.2 Å². The first-order valence-electron chi connectivity index (χ1n) is 10.9. The Morgan fingerprint density at radius 2 is 1.84 bits per heavy atom. The third kappa shape index (κ3) is 6.38. The fourth-order valence-corrected chi connectivity index (χ4v) is 4.36. The summed E-state index contributed by atoms with van der Waals surface area (Å²) in [7, 11) is -1.83. The minimum atomic E-state index is -3.32. The van der Waals surface area contributed by atoms with Crippen LogP contribution in [-0.2, 0) is 14.8 Å². The first-order valence-corrected chi connectivity index (χ1v) is 12.8. The molecule has 2 aromatic rings. The van der Waals surface area contributed by atoms with Gasteiger partial charge in [-0.2, -0.15) is 0 Å². The zero-order valence-corrected chi connectivity index (χ0v) is 20.1. The third-order valence-electron chi connectivity index (χ3n) is 5.86. The number of rotatable bonds is 8. The molecular formula is C24H33N3O4S. The maximum atomic E-state index is 12.3. The van der Waals surface area contributed by atoms with E-state index in [0.29, 0.717) is 11.4 Å². The lowest BCUT2D eigenvalue weighted by molar-refractivity contribution is -0.123. The van der Waals surface area contributed by atoms with Gasteiger partial charge in [-0.05, 0) is 67.6 Å². The molecule has 0 bridgehead atoms. The molecule has 2 atom stereocenters. The number of carbonyl (C=O) groups is 1. The van der Waals surface area contributed by atoms with Crippen LogP contribution in [-0.4, -0.2) is 47.3 Å². The molecule has 1 amide bonds. The molecule has 8 heteroatoms. The summed E-state index contributed by atoms with van der Waals surface area (Å²) in [6.07, 6.45) is 3.67. The van der Waals surface area contributed by atoms with E-state index >= 15 is 0 Å². The topological polar surface area (TPSA) is 79.0 Å². The Balaban J connectivity index is 1.49. The molecule has 0 aliphatic carbocycles. The molecule has 174 valence electrons. The van der Waals surface area contributed by atoms with Gasteiger partial charge in [0.2, 0.25) is 10.0 Å². The van der Waals surface area contributed by atoms with Gasteiger partial charge in [0.1, 0.15) is 5.75 Å². The summed E-state index contributed by atoms with van der Waals surface area (Å²) in [5, 5.41) is 2.96. The van der Waals surface area contributed by atoms with Crippen LogP contribution in [0.1, 0.15) is 38.3 Å². The van der Waals surface area contributed by atoms with Crippen molar-refractivity contribution in [3.05, 3.63) is 54.1 Å². The molecule has 0 saturated carbocycles. The molecule has 1 saturated heterocycles. The first kappa shape index (κ1) is 23.9. The number of carbonyl (C=O) groups excluding carboxylic acids is 1. The lowest BCUT2D eigenvalue weighted by Gasteiger charge is -2.33. The molecule has 0 spiro atoms. The quantitative estimate of drug-likeness (QED) is 0.653. The van der Waals surface area contributed by atoms with Crippen LogP contribution in [0, 0.1) is 5.92 Å². The Bertz CT molecular complexity index is 1010. The predicted molar refractivity (Wildman–Crippen MR) is 129 cm³/mol. The zero-order chi connectivity index (χ0) is 23.3. The van der Waals surface area contributed by atoms with Crippen molar-refractivity contribution < 1.29 is 17.9 Å². The summed E-state index contributed by atoms with van der Waals surface area (Å²) in [6.45, 7) is 6.32. The zero-order valence-electron chi connectivity index (χ0n) is 19.2. The molecule has 1 fully saturated rings. The van der Waals surface area contributed by atoms with Crippen molar-refractivity contribution in [3.8, 4) is 5.75 Å². The van der Waals surface area contributed by atoms with E-state index in [-0.39, 0.29) is 18.6 Å².